The molecule has 13 heavy (non-hydrogen) atoms. The fourth-order valence-corrected chi connectivity index (χ4v) is 1.34. The number of nitrogens with two attached hydrogens (primary N) is 1. The summed E-state index contributed by atoms with van der Waals surface area (Å²) in [5, 5.41) is 2.03. The van der Waals surface area contributed by atoms with Crippen LogP contribution in [0.4, 0.5) is 5.69 Å². The predicted octanol–water partition coefficient (Wildman–Crippen LogP) is 1.88. The molecule has 0 amide bonds. The average molecular weight is 174 g/mol. The van der Waals surface area contributed by atoms with E-state index in [0.29, 0.717) is 5.69 Å². The first kappa shape index (κ1) is 7.86. The Morgan fingerprint density at radius 1 is 1.31 bits per heavy atom. The molecule has 0 spiro atoms. The minimum absolute atomic E-state index is 0.00905. The lowest BCUT2D eigenvalue weighted by Gasteiger charge is -1.90. The predicted molar refractivity (Wildman–Crippen MR) is 52.7 cm³/mol. The molecule has 2 N–H and O–H groups in total. The van der Waals surface area contributed by atoms with E-state index in [0.717, 1.165) is 10.8 Å². The smallest absolute Gasteiger partial charge is 0.227 e. The van der Waals surface area contributed by atoms with E-state index in [2.05, 4.69) is 0 Å². The number of nitrogen functional groups attached to an aromatic ring is 1. The van der Waals surface area contributed by atoms with E-state index in [9.17, 15) is 4.79 Å². The van der Waals surface area contributed by atoms with E-state index in [1.807, 2.05) is 18.2 Å². The molecule has 0 saturated heterocycles. The highest BCUT2D eigenvalue weighted by Gasteiger charge is 2.01. The molecule has 2 aromatic rings. The van der Waals surface area contributed by atoms with Crippen molar-refractivity contribution < 1.29 is 4.79 Å². The van der Waals surface area contributed by atoms with Gasteiger partial charge < -0.3 is 5.73 Å². The number of rotatable bonds is 0. The van der Waals surface area contributed by atoms with Gasteiger partial charge in [0.05, 0.1) is 0 Å². The second-order valence-corrected chi connectivity index (χ2v) is 3.07. The van der Waals surface area contributed by atoms with Crippen LogP contribution in [0.5, 0.6) is 0 Å². The molecule has 3 nitrogen and oxygen atoms in total. The van der Waals surface area contributed by atoms with Crippen molar-refractivity contribution in [3.63, 3.8) is 0 Å². The SMILES string of the molecule is CC(=O)n1cc2ccc(N)cc2c1. The Balaban J connectivity index is 2.68. The summed E-state index contributed by atoms with van der Waals surface area (Å²) in [6, 6.07) is 5.59. The number of hydrogen-bond donors (Lipinski definition) is 1. The Labute approximate surface area is 75.8 Å². The van der Waals surface area contributed by atoms with Gasteiger partial charge in [-0.25, -0.2) is 0 Å². The van der Waals surface area contributed by atoms with Crippen LogP contribution in [0.2, 0.25) is 0 Å². The topological polar surface area (TPSA) is 48.0 Å². The third kappa shape index (κ3) is 1.28. The van der Waals surface area contributed by atoms with Crippen molar-refractivity contribution in [1.29, 1.82) is 0 Å². The van der Waals surface area contributed by atoms with Crippen LogP contribution in [-0.2, 0) is 0 Å². The first-order chi connectivity index (χ1) is 6.16. The zero-order chi connectivity index (χ0) is 9.42. The molecule has 0 fully saturated rings. The zero-order valence-electron chi connectivity index (χ0n) is 7.32. The van der Waals surface area contributed by atoms with Gasteiger partial charge in [-0.1, -0.05) is 6.07 Å². The summed E-state index contributed by atoms with van der Waals surface area (Å²) in [5.74, 6) is 0.00905. The molecule has 0 saturated carbocycles. The quantitative estimate of drug-likeness (QED) is 0.620. The molecule has 0 radical (unpaired) electrons. The Morgan fingerprint density at radius 2 is 2.00 bits per heavy atom. The molecule has 0 aliphatic heterocycles. The molecule has 1 heterocycles. The Kier molecular flexibility index (Phi) is 1.59. The summed E-state index contributed by atoms with van der Waals surface area (Å²) < 4.78 is 1.56. The normalized spacial score (nSPS) is 10.5. The first-order valence-electron chi connectivity index (χ1n) is 4.05. The van der Waals surface area contributed by atoms with Gasteiger partial charge in [0.2, 0.25) is 5.91 Å². The van der Waals surface area contributed by atoms with Gasteiger partial charge in [0.15, 0.2) is 0 Å². The van der Waals surface area contributed by atoms with Crippen LogP contribution in [0.3, 0.4) is 0 Å². The maximum atomic E-state index is 11.0. The highest BCUT2D eigenvalue weighted by molar-refractivity contribution is 5.90. The van der Waals surface area contributed by atoms with E-state index in [4.69, 9.17) is 5.73 Å². The van der Waals surface area contributed by atoms with Crippen molar-refractivity contribution in [2.75, 3.05) is 5.73 Å². The van der Waals surface area contributed by atoms with Gasteiger partial charge >= 0.3 is 0 Å². The second-order valence-electron chi connectivity index (χ2n) is 3.07. The van der Waals surface area contributed by atoms with Gasteiger partial charge in [-0.15, -0.1) is 0 Å². The molecule has 0 aliphatic carbocycles. The van der Waals surface area contributed by atoms with Crippen molar-refractivity contribution >= 4 is 22.4 Å². The first-order valence-corrected chi connectivity index (χ1v) is 4.05. The van der Waals surface area contributed by atoms with Crippen LogP contribution in [0.15, 0.2) is 30.6 Å². The summed E-state index contributed by atoms with van der Waals surface area (Å²) in [4.78, 5) is 11.0. The molecule has 0 aliphatic rings. The van der Waals surface area contributed by atoms with Crippen molar-refractivity contribution in [2.24, 2.45) is 0 Å². The van der Waals surface area contributed by atoms with E-state index < -0.39 is 0 Å². The van der Waals surface area contributed by atoms with Gasteiger partial charge in [0, 0.05) is 30.4 Å². The van der Waals surface area contributed by atoms with Gasteiger partial charge in [0.1, 0.15) is 0 Å². The lowest BCUT2D eigenvalue weighted by atomic mass is 10.2. The summed E-state index contributed by atoms with van der Waals surface area (Å²) in [6.07, 6.45) is 3.59. The number of fused-ring (bicyclic) bond motifs is 1. The molecule has 0 atom stereocenters. The number of aromatic nitrogens is 1. The summed E-state index contributed by atoms with van der Waals surface area (Å²) in [7, 11) is 0. The van der Waals surface area contributed by atoms with Gasteiger partial charge in [-0.2, -0.15) is 0 Å². The largest absolute Gasteiger partial charge is 0.399 e. The van der Waals surface area contributed by atoms with Gasteiger partial charge in [0.25, 0.3) is 0 Å². The molecule has 66 valence electrons. The highest BCUT2D eigenvalue weighted by atomic mass is 16.1. The van der Waals surface area contributed by atoms with E-state index >= 15 is 0 Å². The van der Waals surface area contributed by atoms with Crippen molar-refractivity contribution in [3.05, 3.63) is 30.6 Å². The molecule has 0 unspecified atom stereocenters. The third-order valence-corrected chi connectivity index (χ3v) is 2.03. The van der Waals surface area contributed by atoms with E-state index in [1.54, 1.807) is 17.0 Å². The summed E-state index contributed by atoms with van der Waals surface area (Å²) in [6.45, 7) is 1.53. The lowest BCUT2D eigenvalue weighted by molar-refractivity contribution is 0.0937. The zero-order valence-corrected chi connectivity index (χ0v) is 7.32. The number of anilines is 1. The van der Waals surface area contributed by atoms with Crippen LogP contribution in [0.25, 0.3) is 10.8 Å². The van der Waals surface area contributed by atoms with E-state index in [1.165, 1.54) is 6.92 Å². The van der Waals surface area contributed by atoms with Crippen LogP contribution in [0.1, 0.15) is 11.7 Å². The molecule has 3 heteroatoms. The Morgan fingerprint density at radius 3 is 2.69 bits per heavy atom. The van der Waals surface area contributed by atoms with Crippen LogP contribution >= 0.6 is 0 Å². The lowest BCUT2D eigenvalue weighted by Crippen LogP contribution is -2.00. The maximum Gasteiger partial charge on any atom is 0.227 e. The minimum atomic E-state index is 0.00905. The third-order valence-electron chi connectivity index (χ3n) is 2.03. The Bertz CT molecular complexity index is 471. The van der Waals surface area contributed by atoms with Crippen LogP contribution < -0.4 is 5.73 Å². The summed E-state index contributed by atoms with van der Waals surface area (Å²) in [5.41, 5.74) is 6.33. The molecule has 2 rings (SSSR count). The standard InChI is InChI=1S/C10H10N2O/c1-7(13)12-5-8-2-3-10(11)4-9(8)6-12/h2-6H,11H2,1H3. The number of carbonyl (C=O) groups is 1. The molecule has 1 aromatic heterocycles. The number of hydrogen-bond acceptors (Lipinski definition) is 2. The molecular formula is C10H10N2O. The number of carbonyl (C=O) groups excluding carboxylic acids is 1. The fourth-order valence-electron chi connectivity index (χ4n) is 1.34. The van der Waals surface area contributed by atoms with E-state index in [-0.39, 0.29) is 5.91 Å². The summed E-state index contributed by atoms with van der Waals surface area (Å²) >= 11 is 0. The average Bonchev–Trinajstić information content (AvgIpc) is 2.46. The number of benzene rings is 1. The van der Waals surface area contributed by atoms with Gasteiger partial charge in [-0.3, -0.25) is 9.36 Å². The monoisotopic (exact) mass is 174 g/mol. The van der Waals surface area contributed by atoms with Gasteiger partial charge in [-0.05, 0) is 17.5 Å². The van der Waals surface area contributed by atoms with Crippen molar-refractivity contribution in [2.45, 2.75) is 6.92 Å². The van der Waals surface area contributed by atoms with Crippen molar-refractivity contribution in [3.8, 4) is 0 Å². The van der Waals surface area contributed by atoms with Crippen LogP contribution in [-0.4, -0.2) is 10.5 Å². The highest BCUT2D eigenvalue weighted by Crippen LogP contribution is 2.18. The van der Waals surface area contributed by atoms with Crippen LogP contribution in [0, 0.1) is 0 Å². The maximum absolute atomic E-state index is 11.0. The Hall–Kier alpha value is -1.77. The molecular weight excluding hydrogens is 164 g/mol. The number of nitrogens with zero attached hydrogens (tertiary/aromatic N) is 1. The molecule has 0 bridgehead atoms. The van der Waals surface area contributed by atoms with Crippen molar-refractivity contribution in [1.82, 2.24) is 4.57 Å². The second kappa shape index (κ2) is 2.62. The molecule has 1 aromatic carbocycles. The minimum Gasteiger partial charge on any atom is -0.399 e. The fraction of sp³-hybridized carbons (Fsp3) is 0.100.